The Bertz CT molecular complexity index is 147. The van der Waals surface area contributed by atoms with E-state index >= 15 is 0 Å². The molecule has 64 valence electrons. The van der Waals surface area contributed by atoms with E-state index in [1.807, 2.05) is 0 Å². The first-order chi connectivity index (χ1) is 5.09. The third-order valence-electron chi connectivity index (χ3n) is 2.73. The lowest BCUT2D eigenvalue weighted by Crippen LogP contribution is -2.69. The molecule has 2 bridgehead atoms. The number of hydrogen-bond acceptors (Lipinski definition) is 2. The summed E-state index contributed by atoms with van der Waals surface area (Å²) in [6.07, 6.45) is 1.36. The monoisotopic (exact) mass is 155 g/mol. The summed E-state index contributed by atoms with van der Waals surface area (Å²) in [5.41, 5.74) is 0.345. The van der Waals surface area contributed by atoms with Crippen LogP contribution in [0.2, 0.25) is 0 Å². The highest BCUT2D eigenvalue weighted by Crippen LogP contribution is 2.36. The molecule has 0 aliphatic carbocycles. The Labute approximate surface area is 68.5 Å². The first kappa shape index (κ1) is 7.56. The van der Waals surface area contributed by atoms with Crippen molar-refractivity contribution in [2.45, 2.75) is 44.8 Å². The molecule has 11 heavy (non-hydrogen) atoms. The molecule has 0 spiro atoms. The zero-order chi connectivity index (χ0) is 8.06. The van der Waals surface area contributed by atoms with Crippen molar-refractivity contribution in [1.82, 2.24) is 4.90 Å². The first-order valence-corrected chi connectivity index (χ1v) is 4.45. The molecule has 0 N–H and O–H groups in total. The van der Waals surface area contributed by atoms with Gasteiger partial charge in [0.15, 0.2) is 0 Å². The molecule has 3 saturated heterocycles. The van der Waals surface area contributed by atoms with Crippen LogP contribution in [0.3, 0.4) is 0 Å². The van der Waals surface area contributed by atoms with Crippen LogP contribution in [0, 0.1) is 0 Å². The number of ether oxygens (including phenoxy) is 1. The predicted molar refractivity (Wildman–Crippen MR) is 44.6 cm³/mol. The molecule has 3 aliphatic rings. The van der Waals surface area contributed by atoms with Crippen molar-refractivity contribution in [3.8, 4) is 0 Å². The quantitative estimate of drug-likeness (QED) is 0.522. The molecule has 0 unspecified atom stereocenters. The second-order valence-electron chi connectivity index (χ2n) is 4.66. The predicted octanol–water partition coefficient (Wildman–Crippen LogP) is 1.26. The summed E-state index contributed by atoms with van der Waals surface area (Å²) in [7, 11) is 0. The van der Waals surface area contributed by atoms with Gasteiger partial charge in [0.2, 0.25) is 0 Å². The van der Waals surface area contributed by atoms with Crippen LogP contribution in [-0.2, 0) is 4.74 Å². The van der Waals surface area contributed by atoms with Crippen molar-refractivity contribution >= 4 is 0 Å². The van der Waals surface area contributed by atoms with Gasteiger partial charge in [0.25, 0.3) is 0 Å². The van der Waals surface area contributed by atoms with E-state index in [1.165, 1.54) is 6.42 Å². The Balaban J connectivity index is 2.06. The van der Waals surface area contributed by atoms with Crippen LogP contribution in [0.5, 0.6) is 0 Å². The molecule has 3 fully saturated rings. The first-order valence-electron chi connectivity index (χ1n) is 4.45. The van der Waals surface area contributed by atoms with Crippen LogP contribution < -0.4 is 0 Å². The van der Waals surface area contributed by atoms with Gasteiger partial charge in [-0.25, -0.2) is 0 Å². The molecule has 3 heterocycles. The van der Waals surface area contributed by atoms with Gasteiger partial charge in [-0.15, -0.1) is 0 Å². The van der Waals surface area contributed by atoms with Crippen LogP contribution >= 0.6 is 0 Å². The van der Waals surface area contributed by atoms with Crippen LogP contribution in [0.15, 0.2) is 0 Å². The summed E-state index contributed by atoms with van der Waals surface area (Å²) in [6.45, 7) is 8.77. The summed E-state index contributed by atoms with van der Waals surface area (Å²) >= 11 is 0. The third kappa shape index (κ3) is 1.09. The third-order valence-corrected chi connectivity index (χ3v) is 2.73. The zero-order valence-corrected chi connectivity index (χ0v) is 7.63. The van der Waals surface area contributed by atoms with Gasteiger partial charge in [0.05, 0.1) is 13.2 Å². The van der Waals surface area contributed by atoms with Gasteiger partial charge in [0, 0.05) is 17.6 Å². The van der Waals surface area contributed by atoms with E-state index in [0.717, 1.165) is 13.2 Å². The summed E-state index contributed by atoms with van der Waals surface area (Å²) in [4.78, 5) is 2.59. The maximum atomic E-state index is 5.42. The average molecular weight is 155 g/mol. The second kappa shape index (κ2) is 2.20. The Morgan fingerprint density at radius 3 is 2.00 bits per heavy atom. The molecule has 0 aromatic rings. The van der Waals surface area contributed by atoms with Crippen LogP contribution in [0.1, 0.15) is 27.2 Å². The minimum absolute atomic E-state index is 0.345. The van der Waals surface area contributed by atoms with Gasteiger partial charge in [-0.2, -0.15) is 0 Å². The smallest absolute Gasteiger partial charge is 0.0623 e. The van der Waals surface area contributed by atoms with E-state index in [2.05, 4.69) is 25.7 Å². The fourth-order valence-electron chi connectivity index (χ4n) is 2.43. The summed E-state index contributed by atoms with van der Waals surface area (Å²) in [6, 6.07) is 1.43. The fourth-order valence-corrected chi connectivity index (χ4v) is 2.43. The molecule has 3 aliphatic heterocycles. The molecular weight excluding hydrogens is 138 g/mol. The number of rotatable bonds is 0. The highest BCUT2D eigenvalue weighted by atomic mass is 16.5. The lowest BCUT2D eigenvalue weighted by molar-refractivity contribution is -0.164. The normalized spacial score (nSPS) is 38.5. The van der Waals surface area contributed by atoms with Gasteiger partial charge in [0.1, 0.15) is 0 Å². The van der Waals surface area contributed by atoms with E-state index in [4.69, 9.17) is 4.74 Å². The lowest BCUT2D eigenvalue weighted by atomic mass is 9.85. The Hall–Kier alpha value is -0.0800. The average Bonchev–Trinajstić information content (AvgIpc) is 1.85. The van der Waals surface area contributed by atoms with E-state index in [1.54, 1.807) is 0 Å². The minimum atomic E-state index is 0.345. The van der Waals surface area contributed by atoms with E-state index in [9.17, 15) is 0 Å². The molecule has 0 saturated carbocycles. The van der Waals surface area contributed by atoms with Crippen molar-refractivity contribution in [2.24, 2.45) is 0 Å². The van der Waals surface area contributed by atoms with Crippen molar-refractivity contribution in [1.29, 1.82) is 0 Å². The Morgan fingerprint density at radius 1 is 1.18 bits per heavy atom. The van der Waals surface area contributed by atoms with Gasteiger partial charge >= 0.3 is 0 Å². The van der Waals surface area contributed by atoms with Crippen molar-refractivity contribution in [3.05, 3.63) is 0 Å². The molecule has 3 rings (SSSR count). The molecule has 0 amide bonds. The van der Waals surface area contributed by atoms with E-state index < -0.39 is 0 Å². The fraction of sp³-hybridized carbons (Fsp3) is 1.00. The maximum Gasteiger partial charge on any atom is 0.0623 e. The Morgan fingerprint density at radius 2 is 1.73 bits per heavy atom. The number of hydrogen-bond donors (Lipinski definition) is 0. The molecule has 2 nitrogen and oxygen atoms in total. The van der Waals surface area contributed by atoms with Crippen molar-refractivity contribution < 1.29 is 4.74 Å². The van der Waals surface area contributed by atoms with Gasteiger partial charge in [-0.1, -0.05) is 0 Å². The summed E-state index contributed by atoms with van der Waals surface area (Å²) in [5, 5.41) is 0. The molecule has 0 aromatic carbocycles. The largest absolute Gasteiger partial charge is 0.378 e. The van der Waals surface area contributed by atoms with Crippen LogP contribution in [0.4, 0.5) is 0 Å². The minimum Gasteiger partial charge on any atom is -0.378 e. The Kier molecular flexibility index (Phi) is 1.52. The number of nitrogens with zero attached hydrogens (tertiary/aromatic N) is 1. The summed E-state index contributed by atoms with van der Waals surface area (Å²) < 4.78 is 5.42. The van der Waals surface area contributed by atoms with Gasteiger partial charge < -0.3 is 4.74 Å². The van der Waals surface area contributed by atoms with E-state index in [-0.39, 0.29) is 0 Å². The van der Waals surface area contributed by atoms with E-state index in [0.29, 0.717) is 17.6 Å². The molecular formula is C9H17NO. The molecule has 2 atom stereocenters. The summed E-state index contributed by atoms with van der Waals surface area (Å²) in [5.74, 6) is 0. The van der Waals surface area contributed by atoms with Gasteiger partial charge in [-0.3, -0.25) is 4.90 Å². The zero-order valence-electron chi connectivity index (χ0n) is 7.63. The second-order valence-corrected chi connectivity index (χ2v) is 4.66. The van der Waals surface area contributed by atoms with Gasteiger partial charge in [-0.05, 0) is 27.2 Å². The highest BCUT2D eigenvalue weighted by molar-refractivity contribution is 5.01. The molecule has 0 aromatic heterocycles. The SMILES string of the molecule is CC(C)(C)N1[C@@H]2COC[C@H]1C2. The maximum absolute atomic E-state index is 5.42. The highest BCUT2D eigenvalue weighted by Gasteiger charge is 2.47. The van der Waals surface area contributed by atoms with Crippen molar-refractivity contribution in [2.75, 3.05) is 13.2 Å². The lowest BCUT2D eigenvalue weighted by Gasteiger charge is -2.58. The van der Waals surface area contributed by atoms with Crippen LogP contribution in [-0.4, -0.2) is 35.7 Å². The van der Waals surface area contributed by atoms with Crippen LogP contribution in [0.25, 0.3) is 0 Å². The number of fused-ring (bicyclic) bond motifs is 2. The molecule has 2 heteroatoms. The topological polar surface area (TPSA) is 12.5 Å². The van der Waals surface area contributed by atoms with Crippen molar-refractivity contribution in [3.63, 3.8) is 0 Å². The molecule has 0 radical (unpaired) electrons. The standard InChI is InChI=1S/C9H17NO/c1-9(2,3)10-7-4-8(10)6-11-5-7/h7-8H,4-6H2,1-3H3/t7-,8+. The number of morpholine rings is 1.